The van der Waals surface area contributed by atoms with E-state index >= 15 is 0 Å². The van der Waals surface area contributed by atoms with Gasteiger partial charge in [0.05, 0.1) is 14.2 Å². The molecule has 1 aromatic heterocycles. The Morgan fingerprint density at radius 2 is 1.70 bits per heavy atom. The molecule has 0 aliphatic rings. The molecular formula is C15H20N2O3. The van der Waals surface area contributed by atoms with Crippen molar-refractivity contribution in [2.45, 2.75) is 26.2 Å². The van der Waals surface area contributed by atoms with Crippen LogP contribution in [0, 0.1) is 0 Å². The molecule has 108 valence electrons. The predicted octanol–water partition coefficient (Wildman–Crippen LogP) is 3.24. The summed E-state index contributed by atoms with van der Waals surface area (Å²) in [6.07, 6.45) is 0. The van der Waals surface area contributed by atoms with Crippen LogP contribution >= 0.6 is 0 Å². The first-order valence-corrected chi connectivity index (χ1v) is 6.36. The molecule has 0 aliphatic heterocycles. The lowest BCUT2D eigenvalue weighted by Gasteiger charge is -2.23. The van der Waals surface area contributed by atoms with E-state index in [2.05, 4.69) is 25.9 Å². The van der Waals surface area contributed by atoms with Crippen molar-refractivity contribution in [3.63, 3.8) is 0 Å². The van der Waals surface area contributed by atoms with Gasteiger partial charge in [-0.2, -0.15) is 0 Å². The maximum Gasteiger partial charge on any atom is 0.222 e. The van der Waals surface area contributed by atoms with Crippen LogP contribution in [0.25, 0.3) is 11.3 Å². The van der Waals surface area contributed by atoms with E-state index in [4.69, 9.17) is 19.7 Å². The lowest BCUT2D eigenvalue weighted by atomic mass is 9.85. The number of hydrogen-bond acceptors (Lipinski definition) is 5. The van der Waals surface area contributed by atoms with Gasteiger partial charge in [0.1, 0.15) is 17.2 Å². The highest BCUT2D eigenvalue weighted by molar-refractivity contribution is 5.72. The Kier molecular flexibility index (Phi) is 3.61. The fourth-order valence-electron chi connectivity index (χ4n) is 2.10. The van der Waals surface area contributed by atoms with E-state index in [1.54, 1.807) is 20.3 Å². The lowest BCUT2D eigenvalue weighted by Crippen LogP contribution is -2.13. The summed E-state index contributed by atoms with van der Waals surface area (Å²) < 4.78 is 15.9. The van der Waals surface area contributed by atoms with Crippen molar-refractivity contribution in [1.82, 2.24) is 5.16 Å². The topological polar surface area (TPSA) is 70.5 Å². The predicted molar refractivity (Wildman–Crippen MR) is 78.2 cm³/mol. The number of nitrogens with two attached hydrogens (primary N) is 1. The Morgan fingerprint density at radius 3 is 2.15 bits per heavy atom. The zero-order chi connectivity index (χ0) is 14.9. The van der Waals surface area contributed by atoms with E-state index in [1.165, 1.54) is 0 Å². The monoisotopic (exact) mass is 276 g/mol. The van der Waals surface area contributed by atoms with Crippen LogP contribution in [-0.2, 0) is 5.41 Å². The molecule has 0 amide bonds. The summed E-state index contributed by atoms with van der Waals surface area (Å²) in [5.74, 6) is 1.76. The molecule has 0 atom stereocenters. The SMILES string of the molecule is COc1cc(C(C)(C)C)c(OC)cc1-c1cc(N)on1. The molecule has 0 radical (unpaired) electrons. The van der Waals surface area contributed by atoms with Crippen molar-refractivity contribution < 1.29 is 14.0 Å². The second-order valence-electron chi connectivity index (χ2n) is 5.62. The van der Waals surface area contributed by atoms with Crippen LogP contribution in [0.3, 0.4) is 0 Å². The van der Waals surface area contributed by atoms with Crippen molar-refractivity contribution in [1.29, 1.82) is 0 Å². The number of anilines is 1. The highest BCUT2D eigenvalue weighted by Crippen LogP contribution is 2.40. The Hall–Kier alpha value is -2.17. The minimum atomic E-state index is -0.0555. The van der Waals surface area contributed by atoms with Crippen LogP contribution in [-0.4, -0.2) is 19.4 Å². The first kappa shape index (κ1) is 14.2. The van der Waals surface area contributed by atoms with Crippen LogP contribution in [0.2, 0.25) is 0 Å². The summed E-state index contributed by atoms with van der Waals surface area (Å²) >= 11 is 0. The summed E-state index contributed by atoms with van der Waals surface area (Å²) in [6, 6.07) is 5.53. The fourth-order valence-corrected chi connectivity index (χ4v) is 2.10. The minimum Gasteiger partial charge on any atom is -0.496 e. The van der Waals surface area contributed by atoms with Crippen molar-refractivity contribution >= 4 is 5.88 Å². The number of benzene rings is 1. The van der Waals surface area contributed by atoms with Crippen molar-refractivity contribution in [2.24, 2.45) is 0 Å². The Bertz CT molecular complexity index is 612. The molecule has 2 N–H and O–H groups in total. The van der Waals surface area contributed by atoms with Gasteiger partial charge >= 0.3 is 0 Å². The second kappa shape index (κ2) is 5.07. The molecule has 20 heavy (non-hydrogen) atoms. The molecule has 2 rings (SSSR count). The number of nitrogen functional groups attached to an aromatic ring is 1. The molecule has 1 aromatic carbocycles. The third kappa shape index (κ3) is 2.57. The quantitative estimate of drug-likeness (QED) is 0.931. The molecule has 0 unspecified atom stereocenters. The van der Waals surface area contributed by atoms with Gasteiger partial charge in [-0.05, 0) is 17.5 Å². The smallest absolute Gasteiger partial charge is 0.222 e. The average molecular weight is 276 g/mol. The molecular weight excluding hydrogens is 256 g/mol. The van der Waals surface area contributed by atoms with Crippen molar-refractivity contribution in [3.8, 4) is 22.8 Å². The third-order valence-corrected chi connectivity index (χ3v) is 3.13. The van der Waals surface area contributed by atoms with Gasteiger partial charge in [0.15, 0.2) is 0 Å². The van der Waals surface area contributed by atoms with Crippen LogP contribution in [0.15, 0.2) is 22.7 Å². The van der Waals surface area contributed by atoms with Crippen molar-refractivity contribution in [3.05, 3.63) is 23.8 Å². The highest BCUT2D eigenvalue weighted by Gasteiger charge is 2.23. The second-order valence-corrected chi connectivity index (χ2v) is 5.62. The summed E-state index contributed by atoms with van der Waals surface area (Å²) in [5.41, 5.74) is 8.00. The standard InChI is InChI=1S/C15H20N2O3/c1-15(2,3)10-7-12(18-4)9(6-13(10)19-5)11-8-14(16)20-17-11/h6-8H,16H2,1-5H3. The van der Waals surface area contributed by atoms with Gasteiger partial charge in [-0.1, -0.05) is 25.9 Å². The molecule has 0 spiro atoms. The van der Waals surface area contributed by atoms with Gasteiger partial charge in [-0.25, -0.2) is 0 Å². The van der Waals surface area contributed by atoms with E-state index in [-0.39, 0.29) is 11.3 Å². The maximum absolute atomic E-state index is 5.58. The van der Waals surface area contributed by atoms with E-state index < -0.39 is 0 Å². The van der Waals surface area contributed by atoms with Gasteiger partial charge < -0.3 is 19.7 Å². The summed E-state index contributed by atoms with van der Waals surface area (Å²) in [5, 5.41) is 3.93. The zero-order valence-electron chi connectivity index (χ0n) is 12.5. The zero-order valence-corrected chi connectivity index (χ0v) is 12.5. The number of nitrogens with zero attached hydrogens (tertiary/aromatic N) is 1. The Labute approximate surface area is 118 Å². The van der Waals surface area contributed by atoms with Crippen LogP contribution < -0.4 is 15.2 Å². The summed E-state index contributed by atoms with van der Waals surface area (Å²) in [6.45, 7) is 6.37. The first-order valence-electron chi connectivity index (χ1n) is 6.36. The normalized spacial score (nSPS) is 11.4. The molecule has 1 heterocycles. The molecule has 5 nitrogen and oxygen atoms in total. The Morgan fingerprint density at radius 1 is 1.05 bits per heavy atom. The van der Waals surface area contributed by atoms with Crippen molar-refractivity contribution in [2.75, 3.05) is 20.0 Å². The largest absolute Gasteiger partial charge is 0.496 e. The van der Waals surface area contributed by atoms with Crippen LogP contribution in [0.1, 0.15) is 26.3 Å². The van der Waals surface area contributed by atoms with Gasteiger partial charge in [0.2, 0.25) is 5.88 Å². The average Bonchev–Trinajstić information content (AvgIpc) is 2.82. The lowest BCUT2D eigenvalue weighted by molar-refractivity contribution is 0.388. The van der Waals surface area contributed by atoms with Crippen LogP contribution in [0.5, 0.6) is 11.5 Å². The van der Waals surface area contributed by atoms with Gasteiger partial charge in [0, 0.05) is 17.2 Å². The number of rotatable bonds is 3. The Balaban J connectivity index is 2.64. The molecule has 5 heteroatoms. The third-order valence-electron chi connectivity index (χ3n) is 3.13. The first-order chi connectivity index (χ1) is 9.36. The molecule has 2 aromatic rings. The number of methoxy groups -OCH3 is 2. The minimum absolute atomic E-state index is 0.0555. The fraction of sp³-hybridized carbons (Fsp3) is 0.400. The van der Waals surface area contributed by atoms with E-state index in [0.29, 0.717) is 11.4 Å². The van der Waals surface area contributed by atoms with E-state index in [9.17, 15) is 0 Å². The molecule has 0 aliphatic carbocycles. The summed E-state index contributed by atoms with van der Waals surface area (Å²) in [4.78, 5) is 0. The summed E-state index contributed by atoms with van der Waals surface area (Å²) in [7, 11) is 3.28. The molecule has 0 bridgehead atoms. The van der Waals surface area contributed by atoms with Gasteiger partial charge in [0.25, 0.3) is 0 Å². The van der Waals surface area contributed by atoms with Gasteiger partial charge in [-0.15, -0.1) is 0 Å². The molecule has 0 saturated heterocycles. The number of hydrogen-bond donors (Lipinski definition) is 1. The van der Waals surface area contributed by atoms with E-state index in [1.807, 2.05) is 12.1 Å². The number of ether oxygens (including phenoxy) is 2. The van der Waals surface area contributed by atoms with Gasteiger partial charge in [-0.3, -0.25) is 0 Å². The molecule has 0 fully saturated rings. The van der Waals surface area contributed by atoms with E-state index in [0.717, 1.165) is 16.9 Å². The highest BCUT2D eigenvalue weighted by atomic mass is 16.5. The number of aromatic nitrogens is 1. The maximum atomic E-state index is 5.58. The molecule has 0 saturated carbocycles. The van der Waals surface area contributed by atoms with Crippen LogP contribution in [0.4, 0.5) is 5.88 Å².